The number of rotatable bonds is 7. The Kier molecular flexibility index (Phi) is 5.56. The van der Waals surface area contributed by atoms with E-state index in [9.17, 15) is 0 Å². The van der Waals surface area contributed by atoms with Crippen LogP contribution in [0.3, 0.4) is 0 Å². The fourth-order valence-electron chi connectivity index (χ4n) is 2.30. The van der Waals surface area contributed by atoms with Gasteiger partial charge in [-0.1, -0.05) is 26.0 Å². The molecular formula is C17H21N3O2. The van der Waals surface area contributed by atoms with Gasteiger partial charge in [-0.15, -0.1) is 0 Å². The van der Waals surface area contributed by atoms with Crippen LogP contribution in [-0.2, 0) is 24.1 Å². The van der Waals surface area contributed by atoms with Crippen LogP contribution < -0.4 is 4.74 Å². The summed E-state index contributed by atoms with van der Waals surface area (Å²) in [5.41, 5.74) is 2.62. The Morgan fingerprint density at radius 1 is 1.18 bits per heavy atom. The van der Waals surface area contributed by atoms with E-state index in [1.54, 1.807) is 19.2 Å². The Morgan fingerprint density at radius 3 is 2.45 bits per heavy atom. The number of methoxy groups -OCH3 is 1. The third kappa shape index (κ3) is 3.46. The minimum Gasteiger partial charge on any atom is -0.454 e. The number of benzene rings is 1. The van der Waals surface area contributed by atoms with Crippen molar-refractivity contribution in [3.05, 3.63) is 47.1 Å². The van der Waals surface area contributed by atoms with Gasteiger partial charge in [0.15, 0.2) is 11.4 Å². The lowest BCUT2D eigenvalue weighted by molar-refractivity contribution is 0.182. The maximum atomic E-state index is 6.99. The molecule has 0 aliphatic carbocycles. The predicted octanol–water partition coefficient (Wildman–Crippen LogP) is 4.00. The number of aromatic nitrogens is 2. The van der Waals surface area contributed by atoms with E-state index in [2.05, 4.69) is 23.8 Å². The molecule has 1 heterocycles. The molecule has 2 rings (SSSR count). The van der Waals surface area contributed by atoms with E-state index >= 15 is 0 Å². The SMILES string of the molecule is [C-]#[N+]c1ccc(Oc2c(CC)nn(CCOC)c2CC)cc1. The highest BCUT2D eigenvalue weighted by Crippen LogP contribution is 2.31. The molecule has 0 unspecified atom stereocenters. The van der Waals surface area contributed by atoms with E-state index in [0.29, 0.717) is 18.8 Å². The molecular weight excluding hydrogens is 278 g/mol. The molecule has 2 aromatic rings. The first-order valence-electron chi connectivity index (χ1n) is 7.46. The van der Waals surface area contributed by atoms with Gasteiger partial charge in [0, 0.05) is 7.11 Å². The second-order valence-corrected chi connectivity index (χ2v) is 4.85. The number of ether oxygens (including phenoxy) is 2. The zero-order valence-corrected chi connectivity index (χ0v) is 13.3. The third-order valence-electron chi connectivity index (χ3n) is 3.44. The fourth-order valence-corrected chi connectivity index (χ4v) is 2.30. The van der Waals surface area contributed by atoms with Gasteiger partial charge in [-0.3, -0.25) is 4.68 Å². The van der Waals surface area contributed by atoms with Gasteiger partial charge in [-0.25, -0.2) is 4.85 Å². The maximum Gasteiger partial charge on any atom is 0.187 e. The second-order valence-electron chi connectivity index (χ2n) is 4.85. The summed E-state index contributed by atoms with van der Waals surface area (Å²) in [7, 11) is 1.69. The highest BCUT2D eigenvalue weighted by atomic mass is 16.5. The standard InChI is InChI=1S/C17H21N3O2/c1-5-15-17(16(6-2)20(19-15)11-12-21-4)22-14-9-7-13(18-3)8-10-14/h7-10H,5-6,11-12H2,1-2,4H3. The van der Waals surface area contributed by atoms with Crippen LogP contribution in [0.25, 0.3) is 4.85 Å². The molecule has 0 saturated carbocycles. The zero-order chi connectivity index (χ0) is 15.9. The Morgan fingerprint density at radius 2 is 1.91 bits per heavy atom. The second kappa shape index (κ2) is 7.62. The summed E-state index contributed by atoms with van der Waals surface area (Å²) in [5.74, 6) is 1.56. The van der Waals surface area contributed by atoms with Gasteiger partial charge < -0.3 is 9.47 Å². The summed E-state index contributed by atoms with van der Waals surface area (Å²) in [6.45, 7) is 12.5. The summed E-state index contributed by atoms with van der Waals surface area (Å²) in [4.78, 5) is 3.39. The van der Waals surface area contributed by atoms with Crippen LogP contribution in [0, 0.1) is 6.57 Å². The van der Waals surface area contributed by atoms with E-state index in [-0.39, 0.29) is 0 Å². The van der Waals surface area contributed by atoms with Gasteiger partial charge in [-0.2, -0.15) is 5.10 Å². The molecule has 1 aromatic heterocycles. The van der Waals surface area contributed by atoms with E-state index in [1.165, 1.54) is 0 Å². The first kappa shape index (κ1) is 16.1. The molecule has 0 aliphatic heterocycles. The molecule has 0 aliphatic rings. The van der Waals surface area contributed by atoms with Crippen molar-refractivity contribution < 1.29 is 9.47 Å². The van der Waals surface area contributed by atoms with Crippen LogP contribution >= 0.6 is 0 Å². The molecule has 1 aromatic carbocycles. The third-order valence-corrected chi connectivity index (χ3v) is 3.44. The van der Waals surface area contributed by atoms with Gasteiger partial charge in [0.2, 0.25) is 0 Å². The molecule has 0 bridgehead atoms. The minimum absolute atomic E-state index is 0.606. The lowest BCUT2D eigenvalue weighted by atomic mass is 10.2. The topological polar surface area (TPSA) is 40.6 Å². The maximum absolute atomic E-state index is 6.99. The molecule has 0 spiro atoms. The average Bonchev–Trinajstić information content (AvgIpc) is 2.90. The Hall–Kier alpha value is -2.32. The van der Waals surface area contributed by atoms with Crippen molar-refractivity contribution in [1.82, 2.24) is 9.78 Å². The quantitative estimate of drug-likeness (QED) is 0.726. The first-order chi connectivity index (χ1) is 10.7. The molecule has 0 amide bonds. The predicted molar refractivity (Wildman–Crippen MR) is 85.6 cm³/mol. The van der Waals surface area contributed by atoms with E-state index in [0.717, 1.165) is 35.7 Å². The molecule has 116 valence electrons. The van der Waals surface area contributed by atoms with Gasteiger partial charge in [0.25, 0.3) is 0 Å². The summed E-state index contributed by atoms with van der Waals surface area (Å²) in [6.07, 6.45) is 1.65. The number of hydrogen-bond acceptors (Lipinski definition) is 3. The monoisotopic (exact) mass is 299 g/mol. The minimum atomic E-state index is 0.606. The lowest BCUT2D eigenvalue weighted by Gasteiger charge is -2.09. The molecule has 0 radical (unpaired) electrons. The number of aryl methyl sites for hydroxylation is 1. The summed E-state index contributed by atoms with van der Waals surface area (Å²) in [6, 6.07) is 7.15. The van der Waals surface area contributed by atoms with Crippen LogP contribution in [0.4, 0.5) is 5.69 Å². The molecule has 0 atom stereocenters. The van der Waals surface area contributed by atoms with E-state index in [4.69, 9.17) is 16.0 Å². The Balaban J connectivity index is 2.31. The first-order valence-corrected chi connectivity index (χ1v) is 7.46. The van der Waals surface area contributed by atoms with E-state index < -0.39 is 0 Å². The zero-order valence-electron chi connectivity index (χ0n) is 13.3. The highest BCUT2D eigenvalue weighted by molar-refractivity contribution is 5.48. The van der Waals surface area contributed by atoms with Crippen LogP contribution in [-0.4, -0.2) is 23.5 Å². The van der Waals surface area contributed by atoms with Gasteiger partial charge in [0.1, 0.15) is 11.4 Å². The summed E-state index contributed by atoms with van der Waals surface area (Å²) >= 11 is 0. The van der Waals surface area contributed by atoms with Crippen LogP contribution in [0.1, 0.15) is 25.2 Å². The van der Waals surface area contributed by atoms with Crippen molar-refractivity contribution in [1.29, 1.82) is 0 Å². The van der Waals surface area contributed by atoms with Crippen molar-refractivity contribution in [2.45, 2.75) is 33.2 Å². The normalized spacial score (nSPS) is 10.5. The van der Waals surface area contributed by atoms with Crippen LogP contribution in [0.5, 0.6) is 11.5 Å². The fraction of sp³-hybridized carbons (Fsp3) is 0.412. The van der Waals surface area contributed by atoms with Crippen molar-refractivity contribution in [3.63, 3.8) is 0 Å². The lowest BCUT2D eigenvalue weighted by Crippen LogP contribution is -2.09. The average molecular weight is 299 g/mol. The Bertz CT molecular complexity index is 654. The molecule has 0 saturated heterocycles. The Labute approximate surface area is 131 Å². The summed E-state index contributed by atoms with van der Waals surface area (Å²) in [5, 5.41) is 4.63. The van der Waals surface area contributed by atoms with Crippen molar-refractivity contribution in [2.75, 3.05) is 13.7 Å². The molecule has 5 nitrogen and oxygen atoms in total. The molecule has 0 fully saturated rings. The van der Waals surface area contributed by atoms with E-state index in [1.807, 2.05) is 16.8 Å². The van der Waals surface area contributed by atoms with Crippen molar-refractivity contribution in [3.8, 4) is 11.5 Å². The van der Waals surface area contributed by atoms with Crippen LogP contribution in [0.15, 0.2) is 24.3 Å². The largest absolute Gasteiger partial charge is 0.454 e. The van der Waals surface area contributed by atoms with Gasteiger partial charge in [-0.05, 0) is 25.0 Å². The molecule has 0 N–H and O–H groups in total. The molecule has 5 heteroatoms. The van der Waals surface area contributed by atoms with Crippen LogP contribution in [0.2, 0.25) is 0 Å². The summed E-state index contributed by atoms with van der Waals surface area (Å²) < 4.78 is 13.2. The number of hydrogen-bond donors (Lipinski definition) is 0. The van der Waals surface area contributed by atoms with Gasteiger partial charge >= 0.3 is 0 Å². The highest BCUT2D eigenvalue weighted by Gasteiger charge is 2.17. The smallest absolute Gasteiger partial charge is 0.187 e. The number of nitrogens with zero attached hydrogens (tertiary/aromatic N) is 3. The van der Waals surface area contributed by atoms with Crippen molar-refractivity contribution >= 4 is 5.69 Å². The van der Waals surface area contributed by atoms with Gasteiger partial charge in [0.05, 0.1) is 25.4 Å². The molecule has 22 heavy (non-hydrogen) atoms. The van der Waals surface area contributed by atoms with Crippen molar-refractivity contribution in [2.24, 2.45) is 0 Å².